The molecule has 1 heterocycles. The zero-order valence-electron chi connectivity index (χ0n) is 17.8. The Hall–Kier alpha value is -2.00. The number of nitrogens with one attached hydrogen (secondary N) is 1. The van der Waals surface area contributed by atoms with E-state index in [0.717, 1.165) is 30.0 Å². The predicted molar refractivity (Wildman–Crippen MR) is 113 cm³/mol. The standard InChI is InChI=1S/C21H30FN3O4S/c1-4-11-30(28,29)24-13-19(26)25(18-10-9-16(22)12-15(18)2)21(3,14-24)20(27)23-17-7-5-6-8-17/h9-10,12,17H,4-8,11,13-14H2,1-3H3,(H,23,27). The van der Waals surface area contributed by atoms with E-state index in [0.29, 0.717) is 17.7 Å². The van der Waals surface area contributed by atoms with Crippen LogP contribution in [0.5, 0.6) is 0 Å². The summed E-state index contributed by atoms with van der Waals surface area (Å²) in [6.07, 6.45) is 4.20. The molecule has 1 saturated heterocycles. The largest absolute Gasteiger partial charge is 0.351 e. The number of anilines is 1. The molecule has 3 rings (SSSR count). The molecular weight excluding hydrogens is 409 g/mol. The number of carbonyl (C=O) groups excluding carboxylic acids is 2. The maximum atomic E-state index is 13.7. The van der Waals surface area contributed by atoms with E-state index < -0.39 is 27.3 Å². The molecule has 1 unspecified atom stereocenters. The van der Waals surface area contributed by atoms with Gasteiger partial charge in [-0.2, -0.15) is 4.31 Å². The Bertz CT molecular complexity index is 930. The molecule has 2 fully saturated rings. The van der Waals surface area contributed by atoms with Crippen molar-refractivity contribution in [3.8, 4) is 0 Å². The van der Waals surface area contributed by atoms with Crippen LogP contribution in [0.2, 0.25) is 0 Å². The highest BCUT2D eigenvalue weighted by Crippen LogP contribution is 2.34. The topological polar surface area (TPSA) is 86.8 Å². The van der Waals surface area contributed by atoms with Crippen LogP contribution in [0.15, 0.2) is 18.2 Å². The number of hydrogen-bond acceptors (Lipinski definition) is 4. The summed E-state index contributed by atoms with van der Waals surface area (Å²) in [5, 5.41) is 3.02. The van der Waals surface area contributed by atoms with Crippen molar-refractivity contribution in [1.29, 1.82) is 0 Å². The van der Waals surface area contributed by atoms with Gasteiger partial charge in [0.1, 0.15) is 11.4 Å². The Morgan fingerprint density at radius 3 is 2.57 bits per heavy atom. The maximum absolute atomic E-state index is 13.7. The fraction of sp³-hybridized carbons (Fsp3) is 0.619. The van der Waals surface area contributed by atoms with Crippen LogP contribution < -0.4 is 10.2 Å². The van der Waals surface area contributed by atoms with E-state index in [9.17, 15) is 22.4 Å². The molecular formula is C21H30FN3O4S. The van der Waals surface area contributed by atoms with Gasteiger partial charge in [0.25, 0.3) is 0 Å². The third-order valence-electron chi connectivity index (χ3n) is 5.97. The van der Waals surface area contributed by atoms with Gasteiger partial charge in [-0.15, -0.1) is 0 Å². The molecule has 0 radical (unpaired) electrons. The van der Waals surface area contributed by atoms with Crippen LogP contribution in [0.3, 0.4) is 0 Å². The minimum atomic E-state index is -3.67. The highest BCUT2D eigenvalue weighted by molar-refractivity contribution is 7.89. The summed E-state index contributed by atoms with van der Waals surface area (Å²) in [6, 6.07) is 4.03. The lowest BCUT2D eigenvalue weighted by Gasteiger charge is -2.47. The quantitative estimate of drug-likeness (QED) is 0.737. The molecule has 1 aliphatic heterocycles. The zero-order chi connectivity index (χ0) is 22.1. The molecule has 2 amide bonds. The van der Waals surface area contributed by atoms with E-state index >= 15 is 0 Å². The van der Waals surface area contributed by atoms with Gasteiger partial charge in [-0.05, 0) is 56.9 Å². The number of rotatable bonds is 6. The molecule has 1 saturated carbocycles. The minimum absolute atomic E-state index is 0.0169. The van der Waals surface area contributed by atoms with E-state index in [1.165, 1.54) is 23.1 Å². The third-order valence-corrected chi connectivity index (χ3v) is 7.94. The van der Waals surface area contributed by atoms with Crippen LogP contribution in [0.25, 0.3) is 0 Å². The molecule has 30 heavy (non-hydrogen) atoms. The summed E-state index contributed by atoms with van der Waals surface area (Å²) in [4.78, 5) is 28.0. The Morgan fingerprint density at radius 1 is 1.30 bits per heavy atom. The van der Waals surface area contributed by atoms with Crippen LogP contribution in [0.1, 0.15) is 51.5 Å². The number of nitrogens with zero attached hydrogens (tertiary/aromatic N) is 2. The molecule has 2 aliphatic rings. The number of benzene rings is 1. The number of piperazine rings is 1. The number of hydrogen-bond donors (Lipinski definition) is 1. The van der Waals surface area contributed by atoms with Gasteiger partial charge in [-0.3, -0.25) is 14.5 Å². The van der Waals surface area contributed by atoms with E-state index in [1.807, 2.05) is 0 Å². The Labute approximate surface area is 177 Å². The van der Waals surface area contributed by atoms with Gasteiger partial charge < -0.3 is 5.32 Å². The van der Waals surface area contributed by atoms with Crippen molar-refractivity contribution in [2.45, 2.75) is 64.5 Å². The fourth-order valence-electron chi connectivity index (χ4n) is 4.40. The highest BCUT2D eigenvalue weighted by Gasteiger charge is 2.51. The lowest BCUT2D eigenvalue weighted by Crippen LogP contribution is -2.71. The first-order chi connectivity index (χ1) is 14.1. The third kappa shape index (κ3) is 4.37. The van der Waals surface area contributed by atoms with Crippen LogP contribution in [-0.4, -0.2) is 55.0 Å². The van der Waals surface area contributed by atoms with Crippen molar-refractivity contribution < 1.29 is 22.4 Å². The van der Waals surface area contributed by atoms with Gasteiger partial charge >= 0.3 is 0 Å². The second kappa shape index (κ2) is 8.63. The first kappa shape index (κ1) is 22.7. The zero-order valence-corrected chi connectivity index (χ0v) is 18.6. The molecule has 0 aromatic heterocycles. The lowest BCUT2D eigenvalue weighted by molar-refractivity contribution is -0.133. The summed E-state index contributed by atoms with van der Waals surface area (Å²) in [5.41, 5.74) is -0.521. The molecule has 1 N–H and O–H groups in total. The molecule has 9 heteroatoms. The average Bonchev–Trinajstić information content (AvgIpc) is 3.15. The summed E-state index contributed by atoms with van der Waals surface area (Å²) < 4.78 is 40.2. The normalized spacial score (nSPS) is 23.7. The Kier molecular flexibility index (Phi) is 6.52. The molecule has 166 valence electrons. The minimum Gasteiger partial charge on any atom is -0.351 e. The maximum Gasteiger partial charge on any atom is 0.247 e. The van der Waals surface area contributed by atoms with Gasteiger partial charge in [-0.1, -0.05) is 19.8 Å². The summed E-state index contributed by atoms with van der Waals surface area (Å²) in [5.74, 6) is -1.41. The van der Waals surface area contributed by atoms with Crippen LogP contribution in [0.4, 0.5) is 10.1 Å². The van der Waals surface area contributed by atoms with Crippen molar-refractivity contribution in [1.82, 2.24) is 9.62 Å². The van der Waals surface area contributed by atoms with Gasteiger partial charge in [0.2, 0.25) is 21.8 Å². The second-order valence-corrected chi connectivity index (χ2v) is 10.6. The van der Waals surface area contributed by atoms with Crippen molar-refractivity contribution in [2.75, 3.05) is 23.7 Å². The van der Waals surface area contributed by atoms with E-state index in [-0.39, 0.29) is 30.8 Å². The van der Waals surface area contributed by atoms with E-state index in [1.54, 1.807) is 20.8 Å². The van der Waals surface area contributed by atoms with Gasteiger partial charge in [-0.25, -0.2) is 12.8 Å². The monoisotopic (exact) mass is 439 g/mol. The van der Waals surface area contributed by atoms with Crippen LogP contribution in [0, 0.1) is 12.7 Å². The van der Waals surface area contributed by atoms with Crippen LogP contribution in [-0.2, 0) is 19.6 Å². The first-order valence-electron chi connectivity index (χ1n) is 10.5. The van der Waals surface area contributed by atoms with Gasteiger partial charge in [0.05, 0.1) is 12.3 Å². The fourth-order valence-corrected chi connectivity index (χ4v) is 5.93. The van der Waals surface area contributed by atoms with Gasteiger partial charge in [0, 0.05) is 18.3 Å². The van der Waals surface area contributed by atoms with Crippen molar-refractivity contribution in [2.24, 2.45) is 0 Å². The average molecular weight is 440 g/mol. The molecule has 0 spiro atoms. The van der Waals surface area contributed by atoms with Crippen LogP contribution >= 0.6 is 0 Å². The van der Waals surface area contributed by atoms with E-state index in [2.05, 4.69) is 5.32 Å². The molecule has 1 aromatic carbocycles. The molecule has 1 aliphatic carbocycles. The number of halogens is 1. The van der Waals surface area contributed by atoms with Crippen molar-refractivity contribution >= 4 is 27.5 Å². The van der Waals surface area contributed by atoms with E-state index in [4.69, 9.17) is 0 Å². The highest BCUT2D eigenvalue weighted by atomic mass is 32.2. The number of aryl methyl sites for hydroxylation is 1. The molecule has 7 nitrogen and oxygen atoms in total. The summed E-state index contributed by atoms with van der Waals surface area (Å²) >= 11 is 0. The van der Waals surface area contributed by atoms with Gasteiger partial charge in [0.15, 0.2) is 0 Å². The lowest BCUT2D eigenvalue weighted by atomic mass is 9.93. The molecule has 0 bridgehead atoms. The second-order valence-electron chi connectivity index (χ2n) is 8.47. The summed E-state index contributed by atoms with van der Waals surface area (Å²) in [7, 11) is -3.67. The number of sulfonamides is 1. The Morgan fingerprint density at radius 2 is 1.97 bits per heavy atom. The van der Waals surface area contributed by atoms with Crippen molar-refractivity contribution in [3.05, 3.63) is 29.6 Å². The molecule has 1 atom stereocenters. The van der Waals surface area contributed by atoms with Crippen molar-refractivity contribution in [3.63, 3.8) is 0 Å². The smallest absolute Gasteiger partial charge is 0.247 e. The SMILES string of the molecule is CCCS(=O)(=O)N1CC(=O)N(c2ccc(F)cc2C)C(C)(C(=O)NC2CCCC2)C1. The predicted octanol–water partition coefficient (Wildman–Crippen LogP) is 2.34. The summed E-state index contributed by atoms with van der Waals surface area (Å²) in [6.45, 7) is 4.53. The number of amides is 2. The Balaban J connectivity index is 2.02. The first-order valence-corrected chi connectivity index (χ1v) is 12.1. The molecule has 1 aromatic rings. The number of carbonyl (C=O) groups is 2.